The summed E-state index contributed by atoms with van der Waals surface area (Å²) in [5.74, 6) is -1.07. The van der Waals surface area contributed by atoms with Gasteiger partial charge in [0.25, 0.3) is 0 Å². The maximum atomic E-state index is 12.7. The van der Waals surface area contributed by atoms with Crippen LogP contribution in [-0.4, -0.2) is 53.8 Å². The summed E-state index contributed by atoms with van der Waals surface area (Å²) >= 11 is 0. The predicted octanol–water partition coefficient (Wildman–Crippen LogP) is 3.26. The maximum absolute atomic E-state index is 12.7. The fourth-order valence-corrected chi connectivity index (χ4v) is 6.30. The van der Waals surface area contributed by atoms with Gasteiger partial charge in [-0.25, -0.2) is 0 Å². The Bertz CT molecular complexity index is 509. The summed E-state index contributed by atoms with van der Waals surface area (Å²) in [5.41, 5.74) is 0.598. The summed E-state index contributed by atoms with van der Waals surface area (Å²) in [6.07, 6.45) is 0.535. The highest BCUT2D eigenvalue weighted by Gasteiger charge is 2.55. The molecular weight excluding hydrogens is 368 g/mol. The van der Waals surface area contributed by atoms with E-state index in [1.54, 1.807) is 13.8 Å². The fraction of sp³-hybridized carbons (Fsp3) is 0.789. The molecule has 0 amide bonds. The van der Waals surface area contributed by atoms with Crippen LogP contribution < -0.4 is 0 Å². The highest BCUT2D eigenvalue weighted by molar-refractivity contribution is 6.61. The van der Waals surface area contributed by atoms with Crippen LogP contribution in [0.25, 0.3) is 0 Å². The Morgan fingerprint density at radius 2 is 1.26 bits per heavy atom. The third-order valence-corrected chi connectivity index (χ3v) is 7.59. The van der Waals surface area contributed by atoms with Gasteiger partial charge in [0.1, 0.15) is 0 Å². The standard InChI is InChI=1S/C19H34O7Si/c1-7-22-17(20)19(18(21)23-8-2)12-15(6)16(13-19)14-27(24-9-3,25-10-4)26-11-5/h7-14H2,1-6H3. The van der Waals surface area contributed by atoms with E-state index in [1.807, 2.05) is 27.7 Å². The highest BCUT2D eigenvalue weighted by atomic mass is 28.4. The van der Waals surface area contributed by atoms with Gasteiger partial charge >= 0.3 is 20.7 Å². The second-order valence-corrected chi connectivity index (χ2v) is 9.00. The van der Waals surface area contributed by atoms with Crippen molar-refractivity contribution < 1.29 is 32.3 Å². The van der Waals surface area contributed by atoms with Crippen LogP contribution >= 0.6 is 0 Å². The van der Waals surface area contributed by atoms with Crippen molar-refractivity contribution in [2.75, 3.05) is 33.0 Å². The molecule has 0 unspecified atom stereocenters. The van der Waals surface area contributed by atoms with Crippen molar-refractivity contribution >= 4 is 20.7 Å². The Morgan fingerprint density at radius 1 is 0.815 bits per heavy atom. The number of carbonyl (C=O) groups excluding carboxylic acids is 2. The van der Waals surface area contributed by atoms with Crippen LogP contribution in [-0.2, 0) is 32.3 Å². The molecule has 27 heavy (non-hydrogen) atoms. The van der Waals surface area contributed by atoms with Gasteiger partial charge in [-0.2, -0.15) is 0 Å². The average Bonchev–Trinajstić information content (AvgIpc) is 2.94. The van der Waals surface area contributed by atoms with Crippen LogP contribution in [0.2, 0.25) is 6.04 Å². The number of esters is 2. The van der Waals surface area contributed by atoms with Crippen LogP contribution in [0.15, 0.2) is 11.1 Å². The van der Waals surface area contributed by atoms with Gasteiger partial charge < -0.3 is 22.8 Å². The number of allylic oxidation sites excluding steroid dienone is 2. The predicted molar refractivity (Wildman–Crippen MR) is 103 cm³/mol. The summed E-state index contributed by atoms with van der Waals surface area (Å²) in [6.45, 7) is 12.9. The van der Waals surface area contributed by atoms with E-state index in [0.717, 1.165) is 11.1 Å². The van der Waals surface area contributed by atoms with Crippen molar-refractivity contribution in [1.29, 1.82) is 0 Å². The van der Waals surface area contributed by atoms with E-state index in [0.29, 0.717) is 25.9 Å². The van der Waals surface area contributed by atoms with Gasteiger partial charge in [-0.15, -0.1) is 0 Å². The van der Waals surface area contributed by atoms with E-state index in [2.05, 4.69) is 0 Å². The van der Waals surface area contributed by atoms with Gasteiger partial charge in [0.05, 0.1) is 13.2 Å². The zero-order valence-corrected chi connectivity index (χ0v) is 18.5. The van der Waals surface area contributed by atoms with Crippen LogP contribution in [0.1, 0.15) is 54.4 Å². The molecule has 156 valence electrons. The SMILES string of the molecule is CCOC(=O)C1(C(=O)OCC)CC(C)=C(C[Si](OCC)(OCC)OCC)C1. The first-order valence-electron chi connectivity index (χ1n) is 9.78. The first kappa shape index (κ1) is 23.8. The number of hydrogen-bond donors (Lipinski definition) is 0. The molecule has 0 aromatic heterocycles. The van der Waals surface area contributed by atoms with E-state index in [9.17, 15) is 9.59 Å². The second kappa shape index (κ2) is 10.9. The van der Waals surface area contributed by atoms with E-state index in [1.165, 1.54) is 0 Å². The first-order chi connectivity index (χ1) is 12.8. The molecule has 0 bridgehead atoms. The molecule has 1 rings (SSSR count). The summed E-state index contributed by atoms with van der Waals surface area (Å²) < 4.78 is 28.2. The lowest BCUT2D eigenvalue weighted by molar-refractivity contribution is -0.171. The molecule has 1 aliphatic rings. The Labute approximate surface area is 163 Å². The molecule has 0 saturated carbocycles. The molecule has 0 fully saturated rings. The van der Waals surface area contributed by atoms with Gasteiger partial charge in [0.2, 0.25) is 0 Å². The Kier molecular flexibility index (Phi) is 9.65. The topological polar surface area (TPSA) is 80.3 Å². The van der Waals surface area contributed by atoms with Crippen LogP contribution in [0.4, 0.5) is 0 Å². The monoisotopic (exact) mass is 402 g/mol. The van der Waals surface area contributed by atoms with Gasteiger partial charge in [-0.1, -0.05) is 11.1 Å². The van der Waals surface area contributed by atoms with Crippen LogP contribution in [0, 0.1) is 5.41 Å². The van der Waals surface area contributed by atoms with Crippen LogP contribution in [0.3, 0.4) is 0 Å². The molecule has 7 nitrogen and oxygen atoms in total. The maximum Gasteiger partial charge on any atom is 0.505 e. The number of ether oxygens (including phenoxy) is 2. The minimum absolute atomic E-state index is 0.212. The van der Waals surface area contributed by atoms with E-state index in [4.69, 9.17) is 22.8 Å². The van der Waals surface area contributed by atoms with E-state index < -0.39 is 26.2 Å². The third-order valence-electron chi connectivity index (χ3n) is 4.54. The molecule has 0 atom stereocenters. The second-order valence-electron chi connectivity index (χ2n) is 6.42. The minimum Gasteiger partial charge on any atom is -0.465 e. The van der Waals surface area contributed by atoms with Crippen molar-refractivity contribution in [3.05, 3.63) is 11.1 Å². The van der Waals surface area contributed by atoms with E-state index in [-0.39, 0.29) is 26.1 Å². The van der Waals surface area contributed by atoms with Crippen molar-refractivity contribution in [2.24, 2.45) is 5.41 Å². The van der Waals surface area contributed by atoms with Gasteiger partial charge in [0.15, 0.2) is 5.41 Å². The summed E-state index contributed by atoms with van der Waals surface area (Å²) in [4.78, 5) is 25.4. The smallest absolute Gasteiger partial charge is 0.465 e. The van der Waals surface area contributed by atoms with Gasteiger partial charge in [0, 0.05) is 25.9 Å². The van der Waals surface area contributed by atoms with Crippen molar-refractivity contribution in [3.8, 4) is 0 Å². The van der Waals surface area contributed by atoms with Crippen LogP contribution in [0.5, 0.6) is 0 Å². The molecule has 0 saturated heterocycles. The summed E-state index contributed by atoms with van der Waals surface area (Å²) in [7, 11) is -2.93. The lowest BCUT2D eigenvalue weighted by atomic mass is 9.84. The normalized spacial score (nSPS) is 16.5. The molecule has 0 N–H and O–H groups in total. The Balaban J connectivity index is 3.16. The largest absolute Gasteiger partial charge is 0.505 e. The van der Waals surface area contributed by atoms with Gasteiger partial charge in [-0.3, -0.25) is 9.59 Å². The Morgan fingerprint density at radius 3 is 1.63 bits per heavy atom. The van der Waals surface area contributed by atoms with E-state index >= 15 is 0 Å². The highest BCUT2D eigenvalue weighted by Crippen LogP contribution is 2.47. The van der Waals surface area contributed by atoms with Crippen molar-refractivity contribution in [3.63, 3.8) is 0 Å². The molecule has 0 aromatic rings. The quantitative estimate of drug-likeness (QED) is 0.214. The number of rotatable bonds is 12. The molecule has 0 aromatic carbocycles. The first-order valence-corrected chi connectivity index (χ1v) is 11.7. The molecule has 0 aliphatic heterocycles. The molecule has 8 heteroatoms. The number of hydrogen-bond acceptors (Lipinski definition) is 7. The molecule has 0 radical (unpaired) electrons. The fourth-order valence-electron chi connectivity index (χ4n) is 3.48. The molecule has 0 spiro atoms. The Hall–Kier alpha value is -1.22. The van der Waals surface area contributed by atoms with Crippen molar-refractivity contribution in [2.45, 2.75) is 60.4 Å². The molecule has 0 heterocycles. The lowest BCUT2D eigenvalue weighted by Gasteiger charge is -2.30. The molecule has 1 aliphatic carbocycles. The zero-order valence-electron chi connectivity index (χ0n) is 17.5. The summed E-state index contributed by atoms with van der Waals surface area (Å²) in [6, 6.07) is 0.453. The number of carbonyl (C=O) groups is 2. The summed E-state index contributed by atoms with van der Waals surface area (Å²) in [5, 5.41) is 0. The lowest BCUT2D eigenvalue weighted by Crippen LogP contribution is -2.46. The average molecular weight is 403 g/mol. The molecular formula is C19H34O7Si. The third kappa shape index (κ3) is 5.63. The minimum atomic E-state index is -2.93. The van der Waals surface area contributed by atoms with Crippen molar-refractivity contribution in [1.82, 2.24) is 0 Å². The zero-order chi connectivity index (χ0) is 20.5. The van der Waals surface area contributed by atoms with Gasteiger partial charge in [-0.05, 0) is 54.4 Å².